The lowest BCUT2D eigenvalue weighted by molar-refractivity contribution is -0.115. The highest BCUT2D eigenvalue weighted by molar-refractivity contribution is 8.00. The molecule has 160 valence electrons. The van der Waals surface area contributed by atoms with Crippen LogP contribution in [0.2, 0.25) is 0 Å². The minimum Gasteiger partial charge on any atom is -0.302 e. The standard InChI is InChI=1S/C21H19N3O3S4/c1-13-3-5-14(6-4-13)11-28-21-22-15(12-29-21)9-19(25)24-20-23-17-8-7-16(31(2,26)27)10-18(17)30-20/h3-8,10,12H,9,11H2,1-2H3,(H,23,24,25). The summed E-state index contributed by atoms with van der Waals surface area (Å²) in [6.45, 7) is 2.07. The Morgan fingerprint density at radius 3 is 2.65 bits per heavy atom. The monoisotopic (exact) mass is 489 g/mol. The molecule has 0 saturated carbocycles. The molecule has 1 amide bonds. The minimum atomic E-state index is -3.29. The molecule has 6 nitrogen and oxygen atoms in total. The van der Waals surface area contributed by atoms with Crippen molar-refractivity contribution in [3.63, 3.8) is 0 Å². The van der Waals surface area contributed by atoms with Gasteiger partial charge in [-0.05, 0) is 30.7 Å². The van der Waals surface area contributed by atoms with Crippen LogP contribution in [0.4, 0.5) is 5.13 Å². The Morgan fingerprint density at radius 2 is 1.90 bits per heavy atom. The highest BCUT2D eigenvalue weighted by Gasteiger charge is 2.13. The molecule has 1 N–H and O–H groups in total. The first-order chi connectivity index (χ1) is 14.8. The molecule has 0 atom stereocenters. The number of hydrogen-bond acceptors (Lipinski definition) is 8. The van der Waals surface area contributed by atoms with Crippen LogP contribution >= 0.6 is 34.4 Å². The number of thioether (sulfide) groups is 1. The van der Waals surface area contributed by atoms with Crippen LogP contribution in [-0.4, -0.2) is 30.5 Å². The van der Waals surface area contributed by atoms with Gasteiger partial charge in [0, 0.05) is 17.4 Å². The number of hydrogen-bond donors (Lipinski definition) is 1. The molecular weight excluding hydrogens is 471 g/mol. The number of rotatable bonds is 7. The molecule has 4 aromatic rings. The fourth-order valence-electron chi connectivity index (χ4n) is 2.78. The van der Waals surface area contributed by atoms with E-state index in [4.69, 9.17) is 0 Å². The lowest BCUT2D eigenvalue weighted by Gasteiger charge is -2.00. The van der Waals surface area contributed by atoms with Gasteiger partial charge in [-0.1, -0.05) is 52.9 Å². The number of amides is 1. The van der Waals surface area contributed by atoms with Crippen LogP contribution in [0, 0.1) is 6.92 Å². The molecule has 2 aromatic carbocycles. The maximum absolute atomic E-state index is 12.4. The number of nitrogens with zero attached hydrogens (tertiary/aromatic N) is 2. The van der Waals surface area contributed by atoms with Crippen LogP contribution in [0.1, 0.15) is 16.8 Å². The molecule has 4 rings (SSSR count). The van der Waals surface area contributed by atoms with Crippen molar-refractivity contribution in [2.75, 3.05) is 11.6 Å². The van der Waals surface area contributed by atoms with Gasteiger partial charge in [0.05, 0.1) is 27.2 Å². The topological polar surface area (TPSA) is 89.0 Å². The Morgan fingerprint density at radius 1 is 1.13 bits per heavy atom. The minimum absolute atomic E-state index is 0.159. The van der Waals surface area contributed by atoms with Gasteiger partial charge in [0.25, 0.3) is 0 Å². The summed E-state index contributed by atoms with van der Waals surface area (Å²) < 4.78 is 25.1. The van der Waals surface area contributed by atoms with Crippen molar-refractivity contribution in [1.82, 2.24) is 9.97 Å². The van der Waals surface area contributed by atoms with E-state index in [1.165, 1.54) is 46.1 Å². The fraction of sp³-hybridized carbons (Fsp3) is 0.190. The summed E-state index contributed by atoms with van der Waals surface area (Å²) in [6, 6.07) is 13.2. The number of carbonyl (C=O) groups is 1. The summed E-state index contributed by atoms with van der Waals surface area (Å²) in [5.41, 5.74) is 3.84. The molecule has 31 heavy (non-hydrogen) atoms. The number of aromatic nitrogens is 2. The Labute approximate surface area is 192 Å². The van der Waals surface area contributed by atoms with E-state index < -0.39 is 9.84 Å². The molecule has 2 heterocycles. The van der Waals surface area contributed by atoms with E-state index in [2.05, 4.69) is 46.5 Å². The van der Waals surface area contributed by atoms with Gasteiger partial charge < -0.3 is 5.32 Å². The third-order valence-electron chi connectivity index (χ3n) is 4.39. The number of aryl methyl sites for hydroxylation is 1. The van der Waals surface area contributed by atoms with Gasteiger partial charge in [0.1, 0.15) is 4.34 Å². The van der Waals surface area contributed by atoms with E-state index >= 15 is 0 Å². The Hall–Kier alpha value is -2.27. The van der Waals surface area contributed by atoms with Crippen molar-refractivity contribution in [3.8, 4) is 0 Å². The maximum Gasteiger partial charge on any atom is 0.232 e. The van der Waals surface area contributed by atoms with Crippen molar-refractivity contribution in [2.24, 2.45) is 0 Å². The third-order valence-corrected chi connectivity index (χ3v) is 8.57. The molecule has 0 fully saturated rings. The zero-order chi connectivity index (χ0) is 22.0. The number of thiazole rings is 2. The molecule has 0 aliphatic carbocycles. The summed E-state index contributed by atoms with van der Waals surface area (Å²) in [7, 11) is -3.29. The first-order valence-electron chi connectivity index (χ1n) is 9.29. The fourth-order valence-corrected chi connectivity index (χ4v) is 6.23. The average Bonchev–Trinajstić information content (AvgIpc) is 3.32. The van der Waals surface area contributed by atoms with Crippen LogP contribution in [0.5, 0.6) is 0 Å². The van der Waals surface area contributed by atoms with Gasteiger partial charge in [0.2, 0.25) is 5.91 Å². The van der Waals surface area contributed by atoms with Gasteiger partial charge in [-0.3, -0.25) is 4.79 Å². The van der Waals surface area contributed by atoms with Crippen molar-refractivity contribution in [3.05, 3.63) is 64.7 Å². The van der Waals surface area contributed by atoms with Gasteiger partial charge in [-0.25, -0.2) is 18.4 Å². The van der Waals surface area contributed by atoms with Gasteiger partial charge in [0.15, 0.2) is 15.0 Å². The molecule has 2 aromatic heterocycles. The van der Waals surface area contributed by atoms with Crippen molar-refractivity contribution >= 4 is 65.5 Å². The SMILES string of the molecule is Cc1ccc(CSc2nc(CC(=O)Nc3nc4ccc(S(C)(=O)=O)cc4s3)cs2)cc1. The Kier molecular flexibility index (Phi) is 6.42. The summed E-state index contributed by atoms with van der Waals surface area (Å²) in [4.78, 5) is 21.6. The Balaban J connectivity index is 1.36. The van der Waals surface area contributed by atoms with Crippen LogP contribution < -0.4 is 5.32 Å². The number of nitrogens with one attached hydrogen (secondary N) is 1. The number of benzene rings is 2. The highest BCUT2D eigenvalue weighted by Crippen LogP contribution is 2.29. The number of carbonyl (C=O) groups excluding carboxylic acids is 1. The van der Waals surface area contributed by atoms with Crippen LogP contribution in [0.25, 0.3) is 10.2 Å². The van der Waals surface area contributed by atoms with Crippen molar-refractivity contribution in [2.45, 2.75) is 28.3 Å². The second-order valence-electron chi connectivity index (χ2n) is 7.02. The zero-order valence-electron chi connectivity index (χ0n) is 16.8. The number of anilines is 1. The van der Waals surface area contributed by atoms with Crippen LogP contribution in [0.3, 0.4) is 0 Å². The zero-order valence-corrected chi connectivity index (χ0v) is 20.1. The van der Waals surface area contributed by atoms with Gasteiger partial charge >= 0.3 is 0 Å². The maximum atomic E-state index is 12.4. The molecule has 10 heteroatoms. The van der Waals surface area contributed by atoms with E-state index in [0.29, 0.717) is 15.3 Å². The lowest BCUT2D eigenvalue weighted by atomic mass is 10.2. The summed E-state index contributed by atoms with van der Waals surface area (Å²) in [5.74, 6) is 0.628. The molecular formula is C21H19N3O3S4. The molecule has 0 aliphatic rings. The molecule has 0 unspecified atom stereocenters. The summed E-state index contributed by atoms with van der Waals surface area (Å²) in [6.07, 6.45) is 1.32. The van der Waals surface area contributed by atoms with E-state index in [-0.39, 0.29) is 17.2 Å². The van der Waals surface area contributed by atoms with Crippen LogP contribution in [0.15, 0.2) is 57.1 Å². The summed E-state index contributed by atoms with van der Waals surface area (Å²) >= 11 is 4.43. The molecule has 0 radical (unpaired) electrons. The van der Waals surface area contributed by atoms with E-state index in [1.54, 1.807) is 23.9 Å². The highest BCUT2D eigenvalue weighted by atomic mass is 32.2. The second-order valence-corrected chi connectivity index (χ2v) is 12.2. The normalized spacial score (nSPS) is 11.7. The van der Waals surface area contributed by atoms with Gasteiger partial charge in [-0.15, -0.1) is 11.3 Å². The molecule has 0 spiro atoms. The van der Waals surface area contributed by atoms with Crippen LogP contribution in [-0.2, 0) is 26.8 Å². The molecule has 0 saturated heterocycles. The summed E-state index contributed by atoms with van der Waals surface area (Å²) in [5, 5.41) is 5.12. The second kappa shape index (κ2) is 9.07. The van der Waals surface area contributed by atoms with Crippen molar-refractivity contribution < 1.29 is 13.2 Å². The van der Waals surface area contributed by atoms with Crippen molar-refractivity contribution in [1.29, 1.82) is 0 Å². The molecule has 0 aliphatic heterocycles. The quantitative estimate of drug-likeness (QED) is 0.370. The first kappa shape index (κ1) is 21.9. The third kappa shape index (κ3) is 5.70. The number of fused-ring (bicyclic) bond motifs is 1. The van der Waals surface area contributed by atoms with E-state index in [0.717, 1.165) is 15.8 Å². The van der Waals surface area contributed by atoms with E-state index in [9.17, 15) is 13.2 Å². The molecule has 0 bridgehead atoms. The largest absolute Gasteiger partial charge is 0.302 e. The first-order valence-corrected chi connectivity index (χ1v) is 13.9. The van der Waals surface area contributed by atoms with E-state index in [1.807, 2.05) is 5.38 Å². The predicted octanol–water partition coefficient (Wildman–Crippen LogP) is 4.94. The number of sulfone groups is 1. The lowest BCUT2D eigenvalue weighted by Crippen LogP contribution is -2.14. The van der Waals surface area contributed by atoms with Gasteiger partial charge in [-0.2, -0.15) is 0 Å². The Bertz CT molecular complexity index is 1340. The smallest absolute Gasteiger partial charge is 0.232 e. The average molecular weight is 490 g/mol. The predicted molar refractivity (Wildman–Crippen MR) is 128 cm³/mol.